The van der Waals surface area contributed by atoms with Gasteiger partial charge >= 0.3 is 5.97 Å². The van der Waals surface area contributed by atoms with Crippen LogP contribution in [0.15, 0.2) is 46.7 Å². The quantitative estimate of drug-likeness (QED) is 0.663. The van der Waals surface area contributed by atoms with E-state index in [0.717, 1.165) is 4.88 Å². The van der Waals surface area contributed by atoms with Crippen LogP contribution in [0, 0.1) is 0 Å². The number of hydrogen-bond acceptors (Lipinski definition) is 5. The fourth-order valence-electron chi connectivity index (χ4n) is 2.13. The van der Waals surface area contributed by atoms with Gasteiger partial charge < -0.3 is 5.11 Å². The number of thiocarbonyl (C=S) groups is 1. The SMILES string of the molecule is O=C(O)Cc1ccc(N2C(=O)/C(=C\c3cccs3)SC2=S)cc1. The molecule has 0 saturated carbocycles. The van der Waals surface area contributed by atoms with Crippen molar-refractivity contribution in [1.82, 2.24) is 0 Å². The molecular weight excluding hydrogens is 350 g/mol. The Morgan fingerprint density at radius 2 is 2.00 bits per heavy atom. The van der Waals surface area contributed by atoms with Gasteiger partial charge in [-0.2, -0.15) is 0 Å². The van der Waals surface area contributed by atoms with E-state index in [9.17, 15) is 9.59 Å². The van der Waals surface area contributed by atoms with Crippen LogP contribution in [0.25, 0.3) is 6.08 Å². The minimum absolute atomic E-state index is 0.0447. The van der Waals surface area contributed by atoms with Gasteiger partial charge in [-0.1, -0.05) is 42.2 Å². The van der Waals surface area contributed by atoms with E-state index in [1.54, 1.807) is 35.6 Å². The summed E-state index contributed by atoms with van der Waals surface area (Å²) in [6, 6.07) is 10.7. The van der Waals surface area contributed by atoms with Crippen LogP contribution < -0.4 is 4.90 Å². The van der Waals surface area contributed by atoms with Gasteiger partial charge in [0.1, 0.15) is 0 Å². The van der Waals surface area contributed by atoms with Crippen LogP contribution in [0.1, 0.15) is 10.4 Å². The number of carbonyl (C=O) groups is 2. The average Bonchev–Trinajstić information content (AvgIpc) is 3.09. The maximum Gasteiger partial charge on any atom is 0.307 e. The first-order valence-corrected chi connectivity index (χ1v) is 8.77. The summed E-state index contributed by atoms with van der Waals surface area (Å²) in [5.41, 5.74) is 1.33. The number of carbonyl (C=O) groups excluding carboxylic acids is 1. The number of benzene rings is 1. The van der Waals surface area contributed by atoms with E-state index in [4.69, 9.17) is 17.3 Å². The summed E-state index contributed by atoms with van der Waals surface area (Å²) in [5.74, 6) is -1.04. The Hall–Kier alpha value is -1.96. The largest absolute Gasteiger partial charge is 0.481 e. The van der Waals surface area contributed by atoms with E-state index < -0.39 is 5.97 Å². The lowest BCUT2D eigenvalue weighted by Gasteiger charge is -2.14. The zero-order valence-electron chi connectivity index (χ0n) is 11.8. The van der Waals surface area contributed by atoms with E-state index in [1.165, 1.54) is 16.7 Å². The number of nitrogens with zero attached hydrogens (tertiary/aromatic N) is 1. The van der Waals surface area contributed by atoms with Crippen LogP contribution in [-0.2, 0) is 16.0 Å². The highest BCUT2D eigenvalue weighted by molar-refractivity contribution is 8.27. The molecular formula is C16H11NO3S3. The molecule has 1 aliphatic heterocycles. The van der Waals surface area contributed by atoms with Crippen LogP contribution in [0.4, 0.5) is 5.69 Å². The van der Waals surface area contributed by atoms with E-state index >= 15 is 0 Å². The standard InChI is InChI=1S/C16H11NO3S3/c18-14(19)8-10-3-5-11(6-4-10)17-15(20)13(23-16(17)21)9-12-2-1-7-22-12/h1-7,9H,8H2,(H,18,19)/b13-9+. The predicted octanol–water partition coefficient (Wildman–Crippen LogP) is 3.78. The van der Waals surface area contributed by atoms with E-state index in [2.05, 4.69) is 0 Å². The first kappa shape index (κ1) is 15.9. The van der Waals surface area contributed by atoms with E-state index in [-0.39, 0.29) is 12.3 Å². The van der Waals surface area contributed by atoms with Gasteiger partial charge in [-0.05, 0) is 35.2 Å². The maximum absolute atomic E-state index is 12.6. The fourth-order valence-corrected chi connectivity index (χ4v) is 4.15. The molecule has 23 heavy (non-hydrogen) atoms. The molecule has 1 aromatic carbocycles. The first-order chi connectivity index (χ1) is 11.0. The molecule has 2 aromatic rings. The molecule has 0 radical (unpaired) electrons. The molecule has 0 bridgehead atoms. The molecule has 0 unspecified atom stereocenters. The zero-order chi connectivity index (χ0) is 16.4. The van der Waals surface area contributed by atoms with Crippen LogP contribution in [0.2, 0.25) is 0 Å². The van der Waals surface area contributed by atoms with Crippen molar-refractivity contribution in [2.75, 3.05) is 4.90 Å². The smallest absolute Gasteiger partial charge is 0.307 e. The molecule has 0 spiro atoms. The van der Waals surface area contributed by atoms with Gasteiger partial charge in [0, 0.05) is 4.88 Å². The Balaban J connectivity index is 1.84. The molecule has 2 heterocycles. The van der Waals surface area contributed by atoms with Crippen molar-refractivity contribution in [3.8, 4) is 0 Å². The van der Waals surface area contributed by atoms with Gasteiger partial charge in [-0.3, -0.25) is 14.5 Å². The first-order valence-electron chi connectivity index (χ1n) is 6.67. The third-order valence-electron chi connectivity index (χ3n) is 3.16. The van der Waals surface area contributed by atoms with Gasteiger partial charge in [0.25, 0.3) is 5.91 Å². The highest BCUT2D eigenvalue weighted by atomic mass is 32.2. The zero-order valence-corrected chi connectivity index (χ0v) is 14.2. The molecule has 7 heteroatoms. The Morgan fingerprint density at radius 1 is 1.26 bits per heavy atom. The number of carboxylic acid groups (broad SMARTS) is 1. The summed E-state index contributed by atoms with van der Waals surface area (Å²) in [6.07, 6.45) is 1.79. The molecule has 116 valence electrons. The number of aliphatic carboxylic acids is 1. The van der Waals surface area contributed by atoms with Crippen molar-refractivity contribution in [3.05, 3.63) is 57.1 Å². The lowest BCUT2D eigenvalue weighted by Crippen LogP contribution is -2.27. The molecule has 0 aliphatic carbocycles. The Morgan fingerprint density at radius 3 is 2.61 bits per heavy atom. The number of hydrogen-bond donors (Lipinski definition) is 1. The molecule has 1 N–H and O–H groups in total. The Kier molecular flexibility index (Phi) is 4.61. The van der Waals surface area contributed by atoms with Crippen molar-refractivity contribution >= 4 is 63.3 Å². The Labute approximate surface area is 146 Å². The second kappa shape index (κ2) is 6.66. The molecule has 1 aromatic heterocycles. The normalized spacial score (nSPS) is 16.3. The number of carboxylic acids is 1. The summed E-state index contributed by atoms with van der Waals surface area (Å²) < 4.78 is 0.476. The van der Waals surface area contributed by atoms with Gasteiger partial charge in [0.15, 0.2) is 4.32 Å². The summed E-state index contributed by atoms with van der Waals surface area (Å²) >= 11 is 8.14. The summed E-state index contributed by atoms with van der Waals surface area (Å²) in [7, 11) is 0. The minimum Gasteiger partial charge on any atom is -0.481 e. The third-order valence-corrected chi connectivity index (χ3v) is 5.28. The van der Waals surface area contributed by atoms with Gasteiger partial charge in [0.2, 0.25) is 0 Å². The Bertz CT molecular complexity index is 794. The molecule has 1 saturated heterocycles. The monoisotopic (exact) mass is 361 g/mol. The topological polar surface area (TPSA) is 57.6 Å². The van der Waals surface area contributed by atoms with Crippen molar-refractivity contribution in [2.24, 2.45) is 0 Å². The van der Waals surface area contributed by atoms with Crippen LogP contribution >= 0.6 is 35.3 Å². The second-order valence-electron chi connectivity index (χ2n) is 4.77. The van der Waals surface area contributed by atoms with E-state index in [0.29, 0.717) is 20.5 Å². The average molecular weight is 361 g/mol. The highest BCUT2D eigenvalue weighted by Gasteiger charge is 2.33. The van der Waals surface area contributed by atoms with Crippen molar-refractivity contribution in [3.63, 3.8) is 0 Å². The van der Waals surface area contributed by atoms with Gasteiger partial charge in [-0.25, -0.2) is 0 Å². The molecule has 1 fully saturated rings. The van der Waals surface area contributed by atoms with Crippen molar-refractivity contribution in [2.45, 2.75) is 6.42 Å². The molecule has 4 nitrogen and oxygen atoms in total. The number of anilines is 1. The third kappa shape index (κ3) is 3.52. The summed E-state index contributed by atoms with van der Waals surface area (Å²) in [6.45, 7) is 0. The molecule has 0 atom stereocenters. The van der Waals surface area contributed by atoms with Crippen molar-refractivity contribution in [1.29, 1.82) is 0 Å². The van der Waals surface area contributed by atoms with Crippen LogP contribution in [0.5, 0.6) is 0 Å². The molecule has 3 rings (SSSR count). The predicted molar refractivity (Wildman–Crippen MR) is 97.8 cm³/mol. The number of amides is 1. The van der Waals surface area contributed by atoms with Gasteiger partial charge in [0.05, 0.1) is 17.0 Å². The summed E-state index contributed by atoms with van der Waals surface area (Å²) in [5, 5.41) is 10.7. The molecule has 1 aliphatic rings. The van der Waals surface area contributed by atoms with Crippen molar-refractivity contribution < 1.29 is 14.7 Å². The highest BCUT2D eigenvalue weighted by Crippen LogP contribution is 2.36. The number of thiophene rings is 1. The second-order valence-corrected chi connectivity index (χ2v) is 7.42. The van der Waals surface area contributed by atoms with E-state index in [1.807, 2.05) is 23.6 Å². The number of thioether (sulfide) groups is 1. The minimum atomic E-state index is -0.887. The van der Waals surface area contributed by atoms with Gasteiger partial charge in [-0.15, -0.1) is 11.3 Å². The van der Waals surface area contributed by atoms with Crippen LogP contribution in [0.3, 0.4) is 0 Å². The fraction of sp³-hybridized carbons (Fsp3) is 0.0625. The number of rotatable bonds is 4. The lowest BCUT2D eigenvalue weighted by atomic mass is 10.1. The maximum atomic E-state index is 12.6. The summed E-state index contributed by atoms with van der Waals surface area (Å²) in [4.78, 5) is 26.3. The van der Waals surface area contributed by atoms with Crippen LogP contribution in [-0.4, -0.2) is 21.3 Å². The molecule has 1 amide bonds. The lowest BCUT2D eigenvalue weighted by molar-refractivity contribution is -0.136.